The molecular weight excluding hydrogens is 268 g/mol. The molecule has 2 rings (SSSR count). The second kappa shape index (κ2) is 6.70. The number of methoxy groups -OCH3 is 2. The van der Waals surface area contributed by atoms with Crippen molar-refractivity contribution < 1.29 is 19.1 Å². The molecule has 108 valence electrons. The van der Waals surface area contributed by atoms with Gasteiger partial charge in [-0.15, -0.1) is 0 Å². The monoisotopic (exact) mass is 284 g/mol. The molecule has 0 saturated carbocycles. The van der Waals surface area contributed by atoms with Crippen LogP contribution in [0.4, 0.5) is 0 Å². The smallest absolute Gasteiger partial charge is 0.178 e. The van der Waals surface area contributed by atoms with E-state index in [9.17, 15) is 9.59 Å². The van der Waals surface area contributed by atoms with Crippen molar-refractivity contribution in [2.45, 2.75) is 6.42 Å². The molecule has 0 aliphatic rings. The normalized spacial score (nSPS) is 10.0. The zero-order valence-electron chi connectivity index (χ0n) is 12.0. The van der Waals surface area contributed by atoms with Crippen LogP contribution in [0.3, 0.4) is 0 Å². The lowest BCUT2D eigenvalue weighted by Crippen LogP contribution is -2.11. The van der Waals surface area contributed by atoms with E-state index in [-0.39, 0.29) is 18.0 Å². The predicted octanol–water partition coefficient (Wildman–Crippen LogP) is 3.16. The minimum absolute atomic E-state index is 0.221. The molecule has 0 radical (unpaired) electrons. The largest absolute Gasteiger partial charge is 0.496 e. The molecule has 0 fully saturated rings. The van der Waals surface area contributed by atoms with Gasteiger partial charge in [-0.1, -0.05) is 36.4 Å². The Kier molecular flexibility index (Phi) is 4.72. The maximum Gasteiger partial charge on any atom is 0.178 e. The summed E-state index contributed by atoms with van der Waals surface area (Å²) < 4.78 is 10.4. The summed E-state index contributed by atoms with van der Waals surface area (Å²) in [6.45, 7) is 0. The van der Waals surface area contributed by atoms with E-state index in [1.54, 1.807) is 42.5 Å². The van der Waals surface area contributed by atoms with E-state index in [0.717, 1.165) is 0 Å². The Morgan fingerprint density at radius 2 is 1.38 bits per heavy atom. The number of benzene rings is 2. The molecule has 0 amide bonds. The summed E-state index contributed by atoms with van der Waals surface area (Å²) in [5.74, 6) is 0.257. The fraction of sp³-hybridized carbons (Fsp3) is 0.176. The number of hydrogen-bond acceptors (Lipinski definition) is 4. The van der Waals surface area contributed by atoms with Gasteiger partial charge in [0.05, 0.1) is 20.6 Å². The molecule has 0 unspecified atom stereocenters. The number of ketones is 2. The van der Waals surface area contributed by atoms with Crippen LogP contribution in [0.15, 0.2) is 48.5 Å². The first-order valence-electron chi connectivity index (χ1n) is 6.49. The second-order valence-electron chi connectivity index (χ2n) is 4.43. The van der Waals surface area contributed by atoms with Crippen molar-refractivity contribution in [1.82, 2.24) is 0 Å². The first kappa shape index (κ1) is 14.8. The van der Waals surface area contributed by atoms with E-state index in [2.05, 4.69) is 0 Å². The van der Waals surface area contributed by atoms with E-state index in [4.69, 9.17) is 9.47 Å². The van der Waals surface area contributed by atoms with Gasteiger partial charge in [0.25, 0.3) is 0 Å². The van der Waals surface area contributed by atoms with Crippen molar-refractivity contribution in [2.24, 2.45) is 0 Å². The van der Waals surface area contributed by atoms with Crippen LogP contribution in [-0.2, 0) is 0 Å². The quantitative estimate of drug-likeness (QED) is 0.604. The van der Waals surface area contributed by atoms with Gasteiger partial charge in [0.1, 0.15) is 17.1 Å². The van der Waals surface area contributed by atoms with Gasteiger partial charge in [-0.2, -0.15) is 0 Å². The lowest BCUT2D eigenvalue weighted by molar-refractivity contribution is 0.0891. The third-order valence-electron chi connectivity index (χ3n) is 3.12. The highest BCUT2D eigenvalue weighted by Gasteiger charge is 2.21. The first-order valence-corrected chi connectivity index (χ1v) is 6.49. The molecule has 0 saturated heterocycles. The maximum atomic E-state index is 12.4. The highest BCUT2D eigenvalue weighted by atomic mass is 16.5. The van der Waals surface area contributed by atoms with Gasteiger partial charge in [-0.3, -0.25) is 9.59 Å². The second-order valence-corrected chi connectivity index (χ2v) is 4.43. The van der Waals surface area contributed by atoms with E-state index in [1.807, 2.05) is 6.07 Å². The van der Waals surface area contributed by atoms with Crippen LogP contribution in [0, 0.1) is 0 Å². The zero-order chi connectivity index (χ0) is 15.2. The van der Waals surface area contributed by atoms with Crippen molar-refractivity contribution in [3.05, 3.63) is 59.7 Å². The van der Waals surface area contributed by atoms with Crippen molar-refractivity contribution in [1.29, 1.82) is 0 Å². The summed E-state index contributed by atoms with van der Waals surface area (Å²) in [5.41, 5.74) is 0.812. The molecule has 0 bridgehead atoms. The van der Waals surface area contributed by atoms with Gasteiger partial charge in [0, 0.05) is 5.56 Å². The number of hydrogen-bond donors (Lipinski definition) is 0. The van der Waals surface area contributed by atoms with E-state index < -0.39 is 0 Å². The van der Waals surface area contributed by atoms with Crippen LogP contribution in [0.5, 0.6) is 11.5 Å². The minimum Gasteiger partial charge on any atom is -0.496 e. The predicted molar refractivity (Wildman–Crippen MR) is 79.3 cm³/mol. The van der Waals surface area contributed by atoms with Crippen molar-refractivity contribution >= 4 is 11.6 Å². The van der Waals surface area contributed by atoms with Crippen molar-refractivity contribution in [3.8, 4) is 11.5 Å². The fourth-order valence-electron chi connectivity index (χ4n) is 2.09. The number of Topliss-reactive ketones (excluding diaryl/α,β-unsaturated/α-hetero) is 2. The summed E-state index contributed by atoms with van der Waals surface area (Å²) in [5, 5.41) is 0. The van der Waals surface area contributed by atoms with Crippen LogP contribution in [-0.4, -0.2) is 25.8 Å². The van der Waals surface area contributed by atoms with Crippen LogP contribution < -0.4 is 9.47 Å². The molecule has 4 heteroatoms. The van der Waals surface area contributed by atoms with E-state index >= 15 is 0 Å². The molecule has 4 nitrogen and oxygen atoms in total. The lowest BCUT2D eigenvalue weighted by atomic mass is 10.00. The first-order chi connectivity index (χ1) is 10.2. The van der Waals surface area contributed by atoms with Crippen LogP contribution in [0.2, 0.25) is 0 Å². The molecule has 2 aromatic carbocycles. The number of carbonyl (C=O) groups excluding carboxylic acids is 2. The average molecular weight is 284 g/mol. The summed E-state index contributed by atoms with van der Waals surface area (Å²) in [4.78, 5) is 24.5. The molecule has 2 aromatic rings. The summed E-state index contributed by atoms with van der Waals surface area (Å²) in [7, 11) is 2.95. The van der Waals surface area contributed by atoms with Gasteiger partial charge in [-0.05, 0) is 12.1 Å². The molecule has 0 aliphatic heterocycles. The van der Waals surface area contributed by atoms with Gasteiger partial charge in [0.15, 0.2) is 11.6 Å². The van der Waals surface area contributed by atoms with Gasteiger partial charge >= 0.3 is 0 Å². The minimum atomic E-state index is -0.321. The Hall–Kier alpha value is -2.62. The molecule has 0 aromatic heterocycles. The van der Waals surface area contributed by atoms with Crippen LogP contribution in [0.1, 0.15) is 27.1 Å². The molecule has 0 heterocycles. The summed E-state index contributed by atoms with van der Waals surface area (Å²) in [6, 6.07) is 13.8. The maximum absolute atomic E-state index is 12.4. The molecular formula is C17H16O4. The Morgan fingerprint density at radius 1 is 0.810 bits per heavy atom. The highest BCUT2D eigenvalue weighted by molar-refractivity contribution is 6.15. The number of carbonyl (C=O) groups is 2. The molecule has 0 atom stereocenters. The third kappa shape index (κ3) is 3.28. The van der Waals surface area contributed by atoms with Crippen molar-refractivity contribution in [2.75, 3.05) is 14.2 Å². The Morgan fingerprint density at radius 3 is 1.90 bits per heavy atom. The standard InChI is InChI=1S/C17H16O4/c1-20-15-9-6-10-16(21-2)17(15)14(19)11-13(18)12-7-4-3-5-8-12/h3-10H,11H2,1-2H3. The lowest BCUT2D eigenvalue weighted by Gasteiger charge is -2.11. The third-order valence-corrected chi connectivity index (χ3v) is 3.12. The zero-order valence-corrected chi connectivity index (χ0v) is 12.0. The van der Waals surface area contributed by atoms with E-state index in [0.29, 0.717) is 22.6 Å². The highest BCUT2D eigenvalue weighted by Crippen LogP contribution is 2.29. The Labute approximate surface area is 123 Å². The summed E-state index contributed by atoms with van der Waals surface area (Å²) in [6.07, 6.45) is -0.221. The molecule has 0 spiro atoms. The van der Waals surface area contributed by atoms with Crippen molar-refractivity contribution in [3.63, 3.8) is 0 Å². The molecule has 0 N–H and O–H groups in total. The van der Waals surface area contributed by atoms with Crippen LogP contribution in [0.25, 0.3) is 0 Å². The van der Waals surface area contributed by atoms with E-state index in [1.165, 1.54) is 14.2 Å². The van der Waals surface area contributed by atoms with Crippen LogP contribution >= 0.6 is 0 Å². The number of rotatable bonds is 6. The summed E-state index contributed by atoms with van der Waals surface area (Å²) >= 11 is 0. The Balaban J connectivity index is 2.27. The van der Waals surface area contributed by atoms with Gasteiger partial charge in [-0.25, -0.2) is 0 Å². The number of ether oxygens (including phenoxy) is 2. The molecule has 21 heavy (non-hydrogen) atoms. The molecule has 0 aliphatic carbocycles. The van der Waals surface area contributed by atoms with Gasteiger partial charge < -0.3 is 9.47 Å². The Bertz CT molecular complexity index is 625. The average Bonchev–Trinajstić information content (AvgIpc) is 2.54. The van der Waals surface area contributed by atoms with Gasteiger partial charge in [0.2, 0.25) is 0 Å². The topological polar surface area (TPSA) is 52.6 Å². The fourth-order valence-corrected chi connectivity index (χ4v) is 2.09. The SMILES string of the molecule is COc1cccc(OC)c1C(=O)CC(=O)c1ccccc1.